The van der Waals surface area contributed by atoms with Crippen LogP contribution in [0.3, 0.4) is 0 Å². The van der Waals surface area contributed by atoms with Gasteiger partial charge in [0.05, 0.1) is 0 Å². The molecule has 0 amide bonds. The van der Waals surface area contributed by atoms with E-state index in [-0.39, 0.29) is 0 Å². The average molecular weight is 465 g/mol. The zero-order valence-electron chi connectivity index (χ0n) is 11.9. The van der Waals surface area contributed by atoms with E-state index in [1.807, 2.05) is 4.89 Å². The number of alkyl halides is 17. The molecule has 0 aromatic rings. The molecule has 170 valence electrons. The summed E-state index contributed by atoms with van der Waals surface area (Å²) in [7, 11) is 0. The summed E-state index contributed by atoms with van der Waals surface area (Å²) < 4.78 is 215. The minimum Gasteiger partial charge on any atom is -0.723 e. The van der Waals surface area contributed by atoms with Crippen molar-refractivity contribution in [2.24, 2.45) is 0 Å². The molecular weight excluding hydrogens is 463 g/mol. The lowest BCUT2D eigenvalue weighted by molar-refractivity contribution is -0.697. The first-order valence-electron chi connectivity index (χ1n) is 5.77. The van der Waals surface area contributed by atoms with Crippen molar-refractivity contribution in [3.05, 3.63) is 0 Å². The van der Waals surface area contributed by atoms with Gasteiger partial charge in [0.25, 0.3) is 0 Å². The summed E-state index contributed by atoms with van der Waals surface area (Å²) in [6.07, 6.45) is -7.80. The van der Waals surface area contributed by atoms with Crippen LogP contribution in [0, 0.1) is 0 Å². The summed E-state index contributed by atoms with van der Waals surface area (Å²) in [5.41, 5.74) is 0. The molecule has 2 nitrogen and oxygen atoms in total. The van der Waals surface area contributed by atoms with Gasteiger partial charge in [-0.15, -0.1) is 0 Å². The maximum Gasteiger partial charge on any atom is 0.460 e. The van der Waals surface area contributed by atoms with E-state index in [0.29, 0.717) is 0 Å². The highest BCUT2D eigenvalue weighted by molar-refractivity contribution is 5.15. The first-order chi connectivity index (χ1) is 11.8. The zero-order chi connectivity index (χ0) is 23.4. The zero-order valence-corrected chi connectivity index (χ0v) is 11.9. The van der Waals surface area contributed by atoms with Gasteiger partial charge in [-0.25, -0.2) is 0 Å². The molecule has 0 spiro atoms. The van der Waals surface area contributed by atoms with E-state index in [1.165, 1.54) is 0 Å². The number of halogens is 17. The van der Waals surface area contributed by atoms with Crippen molar-refractivity contribution in [1.82, 2.24) is 0 Å². The second-order valence-corrected chi connectivity index (χ2v) is 4.91. The highest BCUT2D eigenvalue weighted by Gasteiger charge is 2.95. The Morgan fingerprint density at radius 2 is 0.679 bits per heavy atom. The SMILES string of the molecule is [O-]OCC(F)(F)C(F)(F)C(F)(F)C(F)(F)C(F)(F)C(F)(F)C(F)(F)C(F)(F)F. The molecule has 0 saturated heterocycles. The van der Waals surface area contributed by atoms with Crippen LogP contribution in [0.5, 0.6) is 0 Å². The van der Waals surface area contributed by atoms with Crippen LogP contribution in [0.25, 0.3) is 0 Å². The van der Waals surface area contributed by atoms with E-state index < -0.39 is 54.2 Å². The molecule has 0 aromatic heterocycles. The lowest BCUT2D eigenvalue weighted by Crippen LogP contribution is -2.74. The fourth-order valence-electron chi connectivity index (χ4n) is 1.36. The third kappa shape index (κ3) is 3.22. The van der Waals surface area contributed by atoms with Crippen LogP contribution >= 0.6 is 0 Å². The van der Waals surface area contributed by atoms with Crippen LogP contribution in [0.2, 0.25) is 0 Å². The largest absolute Gasteiger partial charge is 0.723 e. The predicted octanol–water partition coefficient (Wildman–Crippen LogP) is 4.29. The molecule has 0 N–H and O–H groups in total. The van der Waals surface area contributed by atoms with E-state index in [2.05, 4.69) is 0 Å². The average Bonchev–Trinajstić information content (AvgIpc) is 2.44. The molecule has 0 atom stereocenters. The lowest BCUT2D eigenvalue weighted by atomic mass is 9.89. The molecule has 0 aromatic carbocycles. The third-order valence-electron chi connectivity index (χ3n) is 3.03. The quantitative estimate of drug-likeness (QED) is 0.305. The highest BCUT2D eigenvalue weighted by atomic mass is 19.4. The number of hydrogen-bond donors (Lipinski definition) is 0. The van der Waals surface area contributed by atoms with Crippen LogP contribution in [0.15, 0.2) is 0 Å². The molecule has 0 saturated carbocycles. The topological polar surface area (TPSA) is 32.3 Å². The first-order valence-corrected chi connectivity index (χ1v) is 5.77. The molecule has 0 fully saturated rings. The molecule has 0 unspecified atom stereocenters. The Balaban J connectivity index is 6.63. The summed E-state index contributed by atoms with van der Waals surface area (Å²) in [6, 6.07) is 0. The summed E-state index contributed by atoms with van der Waals surface area (Å²) >= 11 is 0. The van der Waals surface area contributed by atoms with Crippen molar-refractivity contribution in [3.63, 3.8) is 0 Å². The van der Waals surface area contributed by atoms with Gasteiger partial charge in [0.1, 0.15) is 6.61 Å². The molecule has 0 heterocycles. The summed E-state index contributed by atoms with van der Waals surface area (Å²) in [5, 5.41) is 9.33. The molecule has 0 rings (SSSR count). The van der Waals surface area contributed by atoms with Gasteiger partial charge in [-0.2, -0.15) is 74.6 Å². The molecule has 0 aliphatic rings. The van der Waals surface area contributed by atoms with Crippen molar-refractivity contribution < 1.29 is 84.8 Å². The Morgan fingerprint density at radius 3 is 0.929 bits per heavy atom. The monoisotopic (exact) mass is 465 g/mol. The third-order valence-corrected chi connectivity index (χ3v) is 3.03. The van der Waals surface area contributed by atoms with E-state index in [9.17, 15) is 79.9 Å². The Labute approximate surface area is 140 Å². The van der Waals surface area contributed by atoms with Gasteiger partial charge >= 0.3 is 47.6 Å². The molecule has 0 aliphatic carbocycles. The second-order valence-electron chi connectivity index (χ2n) is 4.91. The van der Waals surface area contributed by atoms with Crippen molar-refractivity contribution >= 4 is 0 Å². The smallest absolute Gasteiger partial charge is 0.460 e. The fourth-order valence-corrected chi connectivity index (χ4v) is 1.36. The van der Waals surface area contributed by atoms with Gasteiger partial charge in [0.15, 0.2) is 0 Å². The summed E-state index contributed by atoms with van der Waals surface area (Å²) in [6.45, 7) is -3.44. The van der Waals surface area contributed by atoms with Crippen LogP contribution < -0.4 is 5.26 Å². The Morgan fingerprint density at radius 1 is 0.429 bits per heavy atom. The van der Waals surface area contributed by atoms with Gasteiger partial charge < -0.3 is 10.1 Å². The Bertz CT molecular complexity index is 561. The van der Waals surface area contributed by atoms with Crippen molar-refractivity contribution in [2.75, 3.05) is 6.61 Å². The molecule has 0 aliphatic heterocycles. The van der Waals surface area contributed by atoms with Crippen LogP contribution in [-0.4, -0.2) is 54.2 Å². The Hall–Kier alpha value is -1.27. The highest BCUT2D eigenvalue weighted by Crippen LogP contribution is 2.63. The van der Waals surface area contributed by atoms with E-state index in [4.69, 9.17) is 0 Å². The van der Waals surface area contributed by atoms with Crippen LogP contribution in [0.1, 0.15) is 0 Å². The van der Waals surface area contributed by atoms with Crippen molar-refractivity contribution in [1.29, 1.82) is 0 Å². The van der Waals surface area contributed by atoms with Crippen LogP contribution in [-0.2, 0) is 4.89 Å². The van der Waals surface area contributed by atoms with E-state index >= 15 is 0 Å². The maximum atomic E-state index is 13.0. The predicted molar refractivity (Wildman–Crippen MR) is 46.6 cm³/mol. The van der Waals surface area contributed by atoms with E-state index in [0.717, 1.165) is 0 Å². The molecule has 0 radical (unpaired) electrons. The molecule has 0 bridgehead atoms. The standard InChI is InChI=1S/C9H3F17O2/c10-2(11,1-28-27)3(12,13)4(14,15)5(16,17)6(18,19)7(20,21)8(22,23)9(24,25)26/h27H,1H2/p-1. The Kier molecular flexibility index (Phi) is 6.33. The van der Waals surface area contributed by atoms with Crippen LogP contribution in [0.4, 0.5) is 74.6 Å². The van der Waals surface area contributed by atoms with Crippen molar-refractivity contribution in [2.45, 2.75) is 47.6 Å². The van der Waals surface area contributed by atoms with Gasteiger partial charge in [-0.05, 0) is 0 Å². The first kappa shape index (κ1) is 26.7. The van der Waals surface area contributed by atoms with Gasteiger partial charge in [0, 0.05) is 0 Å². The summed E-state index contributed by atoms with van der Waals surface area (Å²) in [4.78, 5) is 1.99. The lowest BCUT2D eigenvalue weighted by Gasteiger charge is -2.42. The molecule has 19 heteroatoms. The van der Waals surface area contributed by atoms with E-state index in [1.54, 1.807) is 0 Å². The fraction of sp³-hybridized carbons (Fsp3) is 1.00. The second kappa shape index (κ2) is 6.63. The molecule has 28 heavy (non-hydrogen) atoms. The number of hydrogen-bond acceptors (Lipinski definition) is 2. The minimum absolute atomic E-state index is 1.99. The molecular formula is C9H2F17O2-. The van der Waals surface area contributed by atoms with Gasteiger partial charge in [-0.3, -0.25) is 0 Å². The summed E-state index contributed by atoms with van der Waals surface area (Å²) in [5.74, 6) is -57.1. The van der Waals surface area contributed by atoms with Gasteiger partial charge in [-0.1, -0.05) is 0 Å². The number of rotatable bonds is 8. The normalized spacial score (nSPS) is 16.5. The maximum absolute atomic E-state index is 13.0. The van der Waals surface area contributed by atoms with Crippen molar-refractivity contribution in [3.8, 4) is 0 Å². The minimum atomic E-state index is -8.68. The van der Waals surface area contributed by atoms with Gasteiger partial charge in [0.2, 0.25) is 0 Å².